The summed E-state index contributed by atoms with van der Waals surface area (Å²) in [5, 5.41) is 9.35. The molecule has 3 nitrogen and oxygen atoms in total. The Bertz CT molecular complexity index is 723. The minimum absolute atomic E-state index is 0.516. The van der Waals surface area contributed by atoms with Crippen molar-refractivity contribution in [2.45, 2.75) is 6.54 Å². The van der Waals surface area contributed by atoms with Gasteiger partial charge in [-0.05, 0) is 17.7 Å². The molecule has 0 fully saturated rings. The Labute approximate surface area is 126 Å². The molecule has 20 heavy (non-hydrogen) atoms. The second kappa shape index (κ2) is 5.65. The Kier molecular flexibility index (Phi) is 3.72. The topological polar surface area (TPSA) is 30.7 Å². The fraction of sp³-hybridized carbons (Fsp3) is 0.0667. The molecule has 0 aliphatic heterocycles. The fourth-order valence-corrected chi connectivity index (χ4v) is 2.23. The third-order valence-electron chi connectivity index (χ3n) is 2.94. The van der Waals surface area contributed by atoms with Crippen LogP contribution in [0.3, 0.4) is 0 Å². The highest BCUT2D eigenvalue weighted by atomic mass is 35.5. The van der Waals surface area contributed by atoms with Gasteiger partial charge >= 0.3 is 0 Å². The zero-order chi connectivity index (χ0) is 13.9. The molecule has 0 radical (unpaired) electrons. The van der Waals surface area contributed by atoms with Gasteiger partial charge in [-0.1, -0.05) is 64.8 Å². The average molecular weight is 304 g/mol. The van der Waals surface area contributed by atoms with Crippen LogP contribution in [0, 0.1) is 0 Å². The van der Waals surface area contributed by atoms with E-state index in [1.807, 2.05) is 30.5 Å². The molecule has 0 amide bonds. The zero-order valence-electron chi connectivity index (χ0n) is 10.5. The van der Waals surface area contributed by atoms with Crippen LogP contribution in [0.15, 0.2) is 54.7 Å². The zero-order valence-corrected chi connectivity index (χ0v) is 12.0. The van der Waals surface area contributed by atoms with Gasteiger partial charge in [-0.3, -0.25) is 0 Å². The molecular weight excluding hydrogens is 293 g/mol. The van der Waals surface area contributed by atoms with E-state index in [0.717, 1.165) is 11.3 Å². The SMILES string of the molecule is Clc1ccc(-c2cn(Cc3ccccc3)nn2)cc1Cl. The quantitative estimate of drug-likeness (QED) is 0.722. The van der Waals surface area contributed by atoms with Crippen molar-refractivity contribution in [1.82, 2.24) is 15.0 Å². The van der Waals surface area contributed by atoms with Crippen LogP contribution in [0.5, 0.6) is 0 Å². The van der Waals surface area contributed by atoms with Crippen molar-refractivity contribution in [3.8, 4) is 11.3 Å². The van der Waals surface area contributed by atoms with Gasteiger partial charge in [0.2, 0.25) is 0 Å². The number of rotatable bonds is 3. The van der Waals surface area contributed by atoms with E-state index in [1.54, 1.807) is 16.8 Å². The molecule has 1 heterocycles. The molecule has 5 heteroatoms. The van der Waals surface area contributed by atoms with Crippen molar-refractivity contribution in [2.24, 2.45) is 0 Å². The van der Waals surface area contributed by atoms with Gasteiger partial charge in [0.1, 0.15) is 5.69 Å². The molecular formula is C15H11Cl2N3. The second-order valence-electron chi connectivity index (χ2n) is 4.42. The third-order valence-corrected chi connectivity index (χ3v) is 3.68. The first-order chi connectivity index (χ1) is 9.72. The van der Waals surface area contributed by atoms with E-state index in [4.69, 9.17) is 23.2 Å². The van der Waals surface area contributed by atoms with Crippen molar-refractivity contribution in [1.29, 1.82) is 0 Å². The molecule has 1 aromatic heterocycles. The highest BCUT2D eigenvalue weighted by Crippen LogP contribution is 2.27. The standard InChI is InChI=1S/C15H11Cl2N3/c16-13-7-6-12(8-14(13)17)15-10-20(19-18-15)9-11-4-2-1-3-5-11/h1-8,10H,9H2. The van der Waals surface area contributed by atoms with E-state index < -0.39 is 0 Å². The van der Waals surface area contributed by atoms with Crippen LogP contribution in [0.1, 0.15) is 5.56 Å². The summed E-state index contributed by atoms with van der Waals surface area (Å²) in [6.07, 6.45) is 1.90. The molecule has 100 valence electrons. The minimum atomic E-state index is 0.516. The molecule has 0 unspecified atom stereocenters. The summed E-state index contributed by atoms with van der Waals surface area (Å²) < 4.78 is 1.80. The number of nitrogens with zero attached hydrogens (tertiary/aromatic N) is 3. The highest BCUT2D eigenvalue weighted by molar-refractivity contribution is 6.42. The van der Waals surface area contributed by atoms with Crippen LogP contribution < -0.4 is 0 Å². The van der Waals surface area contributed by atoms with Crippen LogP contribution >= 0.6 is 23.2 Å². The summed E-state index contributed by atoms with van der Waals surface area (Å²) in [6.45, 7) is 0.690. The Morgan fingerprint density at radius 1 is 0.950 bits per heavy atom. The Morgan fingerprint density at radius 2 is 1.75 bits per heavy atom. The second-order valence-corrected chi connectivity index (χ2v) is 5.23. The lowest BCUT2D eigenvalue weighted by molar-refractivity contribution is 0.650. The smallest absolute Gasteiger partial charge is 0.113 e. The van der Waals surface area contributed by atoms with Crippen molar-refractivity contribution < 1.29 is 0 Å². The van der Waals surface area contributed by atoms with Gasteiger partial charge in [0.05, 0.1) is 22.8 Å². The van der Waals surface area contributed by atoms with Crippen LogP contribution in [-0.4, -0.2) is 15.0 Å². The van der Waals surface area contributed by atoms with Crippen molar-refractivity contribution in [2.75, 3.05) is 0 Å². The first-order valence-corrected chi connectivity index (χ1v) is 6.87. The van der Waals surface area contributed by atoms with Gasteiger partial charge in [0.25, 0.3) is 0 Å². The predicted octanol–water partition coefficient (Wildman–Crippen LogP) is 4.30. The van der Waals surface area contributed by atoms with Crippen LogP contribution in [0.25, 0.3) is 11.3 Å². The molecule has 3 aromatic rings. The molecule has 3 rings (SSSR count). The summed E-state index contributed by atoms with van der Waals surface area (Å²) in [5.41, 5.74) is 2.86. The molecule has 0 saturated carbocycles. The van der Waals surface area contributed by atoms with Crippen molar-refractivity contribution in [3.63, 3.8) is 0 Å². The third kappa shape index (κ3) is 2.84. The normalized spacial score (nSPS) is 10.7. The molecule has 0 aliphatic rings. The van der Waals surface area contributed by atoms with E-state index in [9.17, 15) is 0 Å². The maximum atomic E-state index is 6.01. The van der Waals surface area contributed by atoms with Crippen LogP contribution in [0.2, 0.25) is 10.0 Å². The van der Waals surface area contributed by atoms with Crippen LogP contribution in [-0.2, 0) is 6.54 Å². The molecule has 0 N–H and O–H groups in total. The van der Waals surface area contributed by atoms with Crippen molar-refractivity contribution in [3.05, 3.63) is 70.3 Å². The predicted molar refractivity (Wildman–Crippen MR) is 81.0 cm³/mol. The van der Waals surface area contributed by atoms with Gasteiger partial charge in [-0.15, -0.1) is 5.10 Å². The van der Waals surface area contributed by atoms with Gasteiger partial charge < -0.3 is 0 Å². The summed E-state index contributed by atoms with van der Waals surface area (Å²) >= 11 is 11.9. The molecule has 0 atom stereocenters. The molecule has 0 saturated heterocycles. The Balaban J connectivity index is 1.84. The lowest BCUT2D eigenvalue weighted by atomic mass is 10.2. The van der Waals surface area contributed by atoms with Crippen LogP contribution in [0.4, 0.5) is 0 Å². The molecule has 0 bridgehead atoms. The molecule has 2 aromatic carbocycles. The lowest BCUT2D eigenvalue weighted by Crippen LogP contribution is -1.99. The first-order valence-electron chi connectivity index (χ1n) is 6.12. The van der Waals surface area contributed by atoms with E-state index >= 15 is 0 Å². The van der Waals surface area contributed by atoms with E-state index in [2.05, 4.69) is 22.4 Å². The summed E-state index contributed by atoms with van der Waals surface area (Å²) in [7, 11) is 0. The monoisotopic (exact) mass is 303 g/mol. The summed E-state index contributed by atoms with van der Waals surface area (Å²) in [4.78, 5) is 0. The van der Waals surface area contributed by atoms with Gasteiger partial charge in [-0.25, -0.2) is 4.68 Å². The molecule has 0 spiro atoms. The largest absolute Gasteiger partial charge is 0.247 e. The lowest BCUT2D eigenvalue weighted by Gasteiger charge is -2.00. The van der Waals surface area contributed by atoms with Crippen molar-refractivity contribution >= 4 is 23.2 Å². The minimum Gasteiger partial charge on any atom is -0.247 e. The summed E-state index contributed by atoms with van der Waals surface area (Å²) in [6, 6.07) is 15.5. The first kappa shape index (κ1) is 13.2. The average Bonchev–Trinajstić information content (AvgIpc) is 2.91. The van der Waals surface area contributed by atoms with Gasteiger partial charge in [-0.2, -0.15) is 0 Å². The summed E-state index contributed by atoms with van der Waals surface area (Å²) in [5.74, 6) is 0. The fourth-order valence-electron chi connectivity index (χ4n) is 1.93. The van der Waals surface area contributed by atoms with Gasteiger partial charge in [0, 0.05) is 5.56 Å². The number of halogens is 2. The molecule has 0 aliphatic carbocycles. The maximum absolute atomic E-state index is 6.01. The van der Waals surface area contributed by atoms with Gasteiger partial charge in [0.15, 0.2) is 0 Å². The number of aromatic nitrogens is 3. The number of hydrogen-bond acceptors (Lipinski definition) is 2. The number of hydrogen-bond donors (Lipinski definition) is 0. The van der Waals surface area contributed by atoms with E-state index in [0.29, 0.717) is 16.6 Å². The van der Waals surface area contributed by atoms with E-state index in [1.165, 1.54) is 5.56 Å². The Morgan fingerprint density at radius 3 is 2.50 bits per heavy atom. The Hall–Kier alpha value is -1.84. The van der Waals surface area contributed by atoms with E-state index in [-0.39, 0.29) is 0 Å². The highest BCUT2D eigenvalue weighted by Gasteiger charge is 2.06. The maximum Gasteiger partial charge on any atom is 0.113 e. The number of benzene rings is 2.